The van der Waals surface area contributed by atoms with Crippen molar-refractivity contribution >= 4 is 6.09 Å². The van der Waals surface area contributed by atoms with Crippen LogP contribution in [0.15, 0.2) is 0 Å². The summed E-state index contributed by atoms with van der Waals surface area (Å²) in [6.45, 7) is 5.14. The van der Waals surface area contributed by atoms with E-state index in [2.05, 4.69) is 0 Å². The molecular weight excluding hydrogens is 218 g/mol. The second-order valence-electron chi connectivity index (χ2n) is 4.57. The zero-order valence-corrected chi connectivity index (χ0v) is 10.2. The number of carbonyl (C=O) groups is 1. The Kier molecular flexibility index (Phi) is 5.64. The van der Waals surface area contributed by atoms with Crippen molar-refractivity contribution in [3.05, 3.63) is 0 Å². The Bertz CT molecular complexity index is 229. The highest BCUT2D eigenvalue weighted by molar-refractivity contribution is 5.68. The van der Waals surface area contributed by atoms with Crippen LogP contribution < -0.4 is 5.73 Å². The van der Waals surface area contributed by atoms with Crippen LogP contribution >= 0.6 is 0 Å². The van der Waals surface area contributed by atoms with Gasteiger partial charge < -0.3 is 15.4 Å². The van der Waals surface area contributed by atoms with Crippen LogP contribution in [0.5, 0.6) is 0 Å². The number of halogens is 2. The van der Waals surface area contributed by atoms with Crippen LogP contribution in [0, 0.1) is 0 Å². The Morgan fingerprint density at radius 1 is 1.44 bits per heavy atom. The molecule has 0 radical (unpaired) electrons. The van der Waals surface area contributed by atoms with Crippen molar-refractivity contribution < 1.29 is 18.3 Å². The summed E-state index contributed by atoms with van der Waals surface area (Å²) in [4.78, 5) is 12.4. The van der Waals surface area contributed by atoms with Crippen molar-refractivity contribution in [2.45, 2.75) is 45.3 Å². The molecule has 0 fully saturated rings. The molecular formula is C10H20F2N2O2. The topological polar surface area (TPSA) is 55.6 Å². The molecule has 16 heavy (non-hydrogen) atoms. The third-order valence-electron chi connectivity index (χ3n) is 1.93. The minimum absolute atomic E-state index is 0.0490. The van der Waals surface area contributed by atoms with Gasteiger partial charge in [0, 0.05) is 7.05 Å². The molecule has 0 saturated heterocycles. The lowest BCUT2D eigenvalue weighted by Crippen LogP contribution is -2.45. The van der Waals surface area contributed by atoms with Crippen molar-refractivity contribution in [3.8, 4) is 0 Å². The summed E-state index contributed by atoms with van der Waals surface area (Å²) in [5, 5.41) is 0. The average molecular weight is 238 g/mol. The van der Waals surface area contributed by atoms with Crippen LogP contribution in [0.2, 0.25) is 0 Å². The number of rotatable bonds is 4. The largest absolute Gasteiger partial charge is 0.444 e. The van der Waals surface area contributed by atoms with Gasteiger partial charge in [-0.25, -0.2) is 13.6 Å². The van der Waals surface area contributed by atoms with E-state index >= 15 is 0 Å². The number of nitrogens with two attached hydrogens (primary N) is 1. The van der Waals surface area contributed by atoms with Gasteiger partial charge in [-0.05, 0) is 33.7 Å². The van der Waals surface area contributed by atoms with Gasteiger partial charge in [0.05, 0.1) is 6.04 Å². The van der Waals surface area contributed by atoms with Gasteiger partial charge in [-0.2, -0.15) is 0 Å². The summed E-state index contributed by atoms with van der Waals surface area (Å²) >= 11 is 0. The Labute approximate surface area is 94.7 Å². The van der Waals surface area contributed by atoms with E-state index in [0.717, 1.165) is 4.90 Å². The van der Waals surface area contributed by atoms with Crippen LogP contribution in [0.4, 0.5) is 13.6 Å². The van der Waals surface area contributed by atoms with E-state index in [4.69, 9.17) is 10.5 Å². The molecule has 0 aromatic heterocycles. The summed E-state index contributed by atoms with van der Waals surface area (Å²) in [5.41, 5.74) is 4.53. The molecule has 2 N–H and O–H groups in total. The fraction of sp³-hybridized carbons (Fsp3) is 0.900. The highest BCUT2D eigenvalue weighted by Crippen LogP contribution is 2.16. The molecule has 0 aromatic rings. The smallest absolute Gasteiger partial charge is 0.410 e. The number of carbonyl (C=O) groups excluding carboxylic acids is 1. The molecule has 6 heteroatoms. The summed E-state index contributed by atoms with van der Waals surface area (Å²) in [6.07, 6.45) is -3.33. The van der Waals surface area contributed by atoms with Crippen molar-refractivity contribution in [2.75, 3.05) is 13.6 Å². The number of alkyl halides is 2. The minimum Gasteiger partial charge on any atom is -0.444 e. The van der Waals surface area contributed by atoms with Crippen molar-refractivity contribution in [1.29, 1.82) is 0 Å². The molecule has 1 amide bonds. The van der Waals surface area contributed by atoms with Crippen LogP contribution in [-0.4, -0.2) is 42.7 Å². The fourth-order valence-electron chi connectivity index (χ4n) is 1.13. The molecule has 96 valence electrons. The van der Waals surface area contributed by atoms with Crippen molar-refractivity contribution in [3.63, 3.8) is 0 Å². The summed E-state index contributed by atoms with van der Waals surface area (Å²) < 4.78 is 30.2. The summed E-state index contributed by atoms with van der Waals surface area (Å²) in [7, 11) is 1.29. The van der Waals surface area contributed by atoms with Gasteiger partial charge in [-0.1, -0.05) is 0 Å². The number of hydrogen-bond acceptors (Lipinski definition) is 3. The van der Waals surface area contributed by atoms with Crippen molar-refractivity contribution in [1.82, 2.24) is 4.90 Å². The maximum atomic E-state index is 12.6. The van der Waals surface area contributed by atoms with Gasteiger partial charge in [0.2, 0.25) is 0 Å². The molecule has 0 rings (SSSR count). The summed E-state index contributed by atoms with van der Waals surface area (Å²) in [6, 6.07) is -1.19. The van der Waals surface area contributed by atoms with E-state index in [1.807, 2.05) is 0 Å². The molecule has 4 nitrogen and oxygen atoms in total. The Balaban J connectivity index is 4.49. The van der Waals surface area contributed by atoms with Gasteiger partial charge >= 0.3 is 6.09 Å². The predicted molar refractivity (Wildman–Crippen MR) is 57.5 cm³/mol. The number of amides is 1. The number of nitrogens with zero attached hydrogens (tertiary/aromatic N) is 1. The molecule has 0 aromatic carbocycles. The number of ether oxygens (including phenoxy) is 1. The van der Waals surface area contributed by atoms with E-state index in [1.165, 1.54) is 7.05 Å². The minimum atomic E-state index is -2.62. The molecule has 0 bridgehead atoms. The van der Waals surface area contributed by atoms with Gasteiger partial charge in [0.1, 0.15) is 5.60 Å². The SMILES string of the molecule is CN(C(=O)OC(C)(C)C)C(CCN)C(F)F. The fourth-order valence-corrected chi connectivity index (χ4v) is 1.13. The third-order valence-corrected chi connectivity index (χ3v) is 1.93. The van der Waals surface area contributed by atoms with Crippen molar-refractivity contribution in [2.24, 2.45) is 5.73 Å². The summed E-state index contributed by atoms with van der Waals surface area (Å²) in [5.74, 6) is 0. The molecule has 1 unspecified atom stereocenters. The third kappa shape index (κ3) is 5.25. The van der Waals surface area contributed by atoms with E-state index < -0.39 is 24.2 Å². The van der Waals surface area contributed by atoms with Gasteiger partial charge in [-0.3, -0.25) is 0 Å². The molecule has 0 aliphatic rings. The Morgan fingerprint density at radius 3 is 2.25 bits per heavy atom. The van der Waals surface area contributed by atoms with E-state index in [1.54, 1.807) is 20.8 Å². The predicted octanol–water partition coefficient (Wildman–Crippen LogP) is 1.84. The first-order valence-corrected chi connectivity index (χ1v) is 5.13. The molecule has 0 aliphatic carbocycles. The first-order valence-electron chi connectivity index (χ1n) is 5.13. The Hall–Kier alpha value is -0.910. The van der Waals surface area contributed by atoms with Crippen LogP contribution in [0.1, 0.15) is 27.2 Å². The lowest BCUT2D eigenvalue weighted by molar-refractivity contribution is -0.00785. The first kappa shape index (κ1) is 15.1. The van der Waals surface area contributed by atoms with Gasteiger partial charge in [0.15, 0.2) is 0 Å². The average Bonchev–Trinajstić information content (AvgIpc) is 2.09. The molecule has 0 saturated carbocycles. The lowest BCUT2D eigenvalue weighted by Gasteiger charge is -2.30. The van der Waals surface area contributed by atoms with Gasteiger partial charge in [0.25, 0.3) is 6.43 Å². The highest BCUT2D eigenvalue weighted by Gasteiger charge is 2.30. The van der Waals surface area contributed by atoms with E-state index in [0.29, 0.717) is 0 Å². The standard InChI is InChI=1S/C10H20F2N2O2/c1-10(2,3)16-9(15)14(4)7(5-6-13)8(11)12/h7-8H,5-6,13H2,1-4H3. The van der Waals surface area contributed by atoms with Crippen LogP contribution in [0.3, 0.4) is 0 Å². The Morgan fingerprint density at radius 2 is 1.94 bits per heavy atom. The van der Waals surface area contributed by atoms with E-state index in [-0.39, 0.29) is 13.0 Å². The lowest BCUT2D eigenvalue weighted by atomic mass is 10.2. The van der Waals surface area contributed by atoms with Crippen LogP contribution in [-0.2, 0) is 4.74 Å². The molecule has 0 heterocycles. The normalized spacial score (nSPS) is 13.8. The van der Waals surface area contributed by atoms with Crippen LogP contribution in [0.25, 0.3) is 0 Å². The maximum absolute atomic E-state index is 12.6. The molecule has 0 spiro atoms. The van der Waals surface area contributed by atoms with E-state index in [9.17, 15) is 13.6 Å². The van der Waals surface area contributed by atoms with Gasteiger partial charge in [-0.15, -0.1) is 0 Å². The zero-order valence-electron chi connectivity index (χ0n) is 10.2. The highest BCUT2D eigenvalue weighted by atomic mass is 19.3. The number of hydrogen-bond donors (Lipinski definition) is 1. The zero-order chi connectivity index (χ0) is 12.9. The quantitative estimate of drug-likeness (QED) is 0.813. The molecule has 0 aliphatic heterocycles. The first-order chi connectivity index (χ1) is 7.19. The second-order valence-corrected chi connectivity index (χ2v) is 4.57. The molecule has 1 atom stereocenters. The monoisotopic (exact) mass is 238 g/mol. The second kappa shape index (κ2) is 5.98. The maximum Gasteiger partial charge on any atom is 0.410 e.